The van der Waals surface area contributed by atoms with Crippen LogP contribution in [0.2, 0.25) is 0 Å². The highest BCUT2D eigenvalue weighted by atomic mass is 127. The first-order chi connectivity index (χ1) is 4.88. The molecule has 0 saturated carbocycles. The Balaban J connectivity index is 2.45. The molecule has 54 valence electrons. The number of nitrogens with zero attached hydrogens (tertiary/aromatic N) is 1. The zero-order valence-corrected chi connectivity index (χ0v) is 7.51. The van der Waals surface area contributed by atoms with E-state index in [1.807, 2.05) is 0 Å². The lowest BCUT2D eigenvalue weighted by Crippen LogP contribution is -2.04. The van der Waals surface area contributed by atoms with Crippen molar-refractivity contribution in [2.45, 2.75) is 0 Å². The van der Waals surface area contributed by atoms with Crippen LogP contribution in [0.15, 0.2) is 16.6 Å². The van der Waals surface area contributed by atoms with Crippen LogP contribution in [-0.2, 0) is 9.88 Å². The van der Waals surface area contributed by atoms with E-state index < -0.39 is 0 Å². The van der Waals surface area contributed by atoms with Gasteiger partial charge in [0.15, 0.2) is 0 Å². The van der Waals surface area contributed by atoms with Gasteiger partial charge in [0, 0.05) is 0 Å². The van der Waals surface area contributed by atoms with E-state index >= 15 is 0 Å². The van der Waals surface area contributed by atoms with Crippen LogP contribution in [0.1, 0.15) is 0 Å². The van der Waals surface area contributed by atoms with Gasteiger partial charge in [0.1, 0.15) is 2.97 Å². The second-order valence-electron chi connectivity index (χ2n) is 1.54. The molecule has 0 aliphatic carbocycles. The van der Waals surface area contributed by atoms with Crippen LogP contribution in [0.3, 0.4) is 0 Å². The number of hydrogen-bond donors (Lipinski definition) is 1. The van der Waals surface area contributed by atoms with Gasteiger partial charge >= 0.3 is 0 Å². The molecule has 10 heavy (non-hydrogen) atoms. The van der Waals surface area contributed by atoms with E-state index in [0.29, 0.717) is 14.5 Å². The van der Waals surface area contributed by atoms with E-state index in [-0.39, 0.29) is 20.7 Å². The molecule has 4 nitrogen and oxygen atoms in total. The Kier molecular flexibility index (Phi) is 1.63. The fourth-order valence-electron chi connectivity index (χ4n) is 0.559. The van der Waals surface area contributed by atoms with Crippen LogP contribution in [0.4, 0.5) is 0 Å². The highest BCUT2D eigenvalue weighted by molar-refractivity contribution is 14.2. The van der Waals surface area contributed by atoms with Gasteiger partial charge < -0.3 is 4.89 Å². The Morgan fingerprint density at radius 1 is 1.70 bits per heavy atom. The molecule has 2 aliphatic rings. The fraction of sp³-hybridized carbons (Fsp3) is 0. The molecule has 0 radical (unpaired) electrons. The summed E-state index contributed by atoms with van der Waals surface area (Å²) in [5, 5.41) is 0. The highest BCUT2D eigenvalue weighted by Gasteiger charge is 2.22. The van der Waals surface area contributed by atoms with Gasteiger partial charge in [0.25, 0.3) is 0 Å². The van der Waals surface area contributed by atoms with Gasteiger partial charge in [-0.2, -0.15) is 0 Å². The van der Waals surface area contributed by atoms with Gasteiger partial charge in [-0.25, -0.2) is 10.5 Å². The van der Waals surface area contributed by atoms with Crippen molar-refractivity contribution in [3.63, 3.8) is 0 Å². The van der Waals surface area contributed by atoms with Crippen LogP contribution in [0.5, 0.6) is 0 Å². The number of nitrogens with one attached hydrogen (secondary N) is 1. The third-order valence-corrected chi connectivity index (χ3v) is 3.29. The van der Waals surface area contributed by atoms with E-state index in [9.17, 15) is 0 Å². The maximum Gasteiger partial charge on any atom is 0.236 e. The van der Waals surface area contributed by atoms with Crippen LogP contribution in [0.25, 0.3) is 0 Å². The van der Waals surface area contributed by atoms with Gasteiger partial charge in [-0.05, 0) is 20.7 Å². The lowest BCUT2D eigenvalue weighted by atomic mass is 10.5. The Hall–Kier alpha value is -0.140. The van der Waals surface area contributed by atoms with Crippen LogP contribution < -0.4 is 5.48 Å². The fourth-order valence-corrected chi connectivity index (χ4v) is 2.22. The largest absolute Gasteiger partial charge is 0.308 e. The first kappa shape index (κ1) is 6.56. The first-order valence-electron chi connectivity index (χ1n) is 2.40. The molecule has 2 heterocycles. The summed E-state index contributed by atoms with van der Waals surface area (Å²) in [7, 11) is 0. The minimum absolute atomic E-state index is 0.294. The highest BCUT2D eigenvalue weighted by Crippen LogP contribution is 2.23. The van der Waals surface area contributed by atoms with E-state index in [4.69, 9.17) is 11.6 Å². The van der Waals surface area contributed by atoms with Crippen molar-refractivity contribution in [2.24, 2.45) is 4.99 Å². The van der Waals surface area contributed by atoms with Crippen molar-refractivity contribution in [3.05, 3.63) is 11.6 Å². The number of rotatable bonds is 0. The Bertz CT molecular complexity index is 260. The minimum atomic E-state index is -0.294. The van der Waals surface area contributed by atoms with Crippen molar-refractivity contribution in [2.75, 3.05) is 0 Å². The Morgan fingerprint density at radius 3 is 3.40 bits per heavy atom. The standard InChI is InChI=1S/C4H2ClIN2O2/c5-3-2-4(7-1-6-3)8-10-9-2/h1H,(H,7,8). The number of allylic oxidation sites excluding steroid dienone is 1. The molecular weight excluding hydrogens is 270 g/mol. The van der Waals surface area contributed by atoms with Gasteiger partial charge in [0.2, 0.25) is 11.6 Å². The molecule has 0 spiro atoms. The number of aliphatic imine (C=N–C) groups is 1. The molecule has 0 amide bonds. The summed E-state index contributed by atoms with van der Waals surface area (Å²) in [6, 6.07) is 0. The monoisotopic (exact) mass is 272 g/mol. The molecule has 0 aromatic carbocycles. The summed E-state index contributed by atoms with van der Waals surface area (Å²) in [5.41, 5.74) is 2.46. The summed E-state index contributed by atoms with van der Waals surface area (Å²) < 4.78 is 2.51. The third kappa shape index (κ3) is 0.938. The molecule has 0 aromatic heterocycles. The summed E-state index contributed by atoms with van der Waals surface area (Å²) in [6.45, 7) is 0. The molecule has 2 aliphatic heterocycles. The lowest BCUT2D eigenvalue weighted by Gasteiger charge is -1.97. The lowest BCUT2D eigenvalue weighted by molar-refractivity contribution is -0.270. The molecule has 0 bridgehead atoms. The molecular formula is C4H2ClIN2O2. The van der Waals surface area contributed by atoms with Gasteiger partial charge in [-0.3, -0.25) is 0 Å². The smallest absolute Gasteiger partial charge is 0.236 e. The van der Waals surface area contributed by atoms with E-state index in [1.54, 1.807) is 4.22 Å². The predicted molar refractivity (Wildman–Crippen MR) is 45.7 cm³/mol. The molecule has 0 saturated heterocycles. The van der Waals surface area contributed by atoms with Crippen molar-refractivity contribution >= 4 is 39.5 Å². The summed E-state index contributed by atoms with van der Waals surface area (Å²) in [5.74, 6) is 1.10. The molecule has 0 aromatic rings. The maximum absolute atomic E-state index is 5.79. The first-order valence-corrected chi connectivity index (χ1v) is 5.11. The zero-order chi connectivity index (χ0) is 6.97. The van der Waals surface area contributed by atoms with E-state index in [0.717, 1.165) is 0 Å². The topological polar surface area (TPSA) is 42.9 Å². The van der Waals surface area contributed by atoms with E-state index in [1.165, 1.54) is 0 Å². The minimum Gasteiger partial charge on any atom is -0.308 e. The SMILES string of the molecule is ClC1=IC=NC2=C1OON2. The number of hydrogen-bond acceptors (Lipinski definition) is 4. The van der Waals surface area contributed by atoms with E-state index in [2.05, 4.69) is 20.3 Å². The second-order valence-corrected chi connectivity index (χ2v) is 4.82. The summed E-state index contributed by atoms with van der Waals surface area (Å²) in [4.78, 5) is 13.1. The third-order valence-electron chi connectivity index (χ3n) is 0.973. The Morgan fingerprint density at radius 2 is 2.60 bits per heavy atom. The van der Waals surface area contributed by atoms with Crippen molar-refractivity contribution in [3.8, 4) is 0 Å². The van der Waals surface area contributed by atoms with Crippen molar-refractivity contribution in [1.29, 1.82) is 0 Å². The Labute approximate surface area is 71.5 Å². The van der Waals surface area contributed by atoms with Crippen LogP contribution in [-0.4, -0.2) is 7.19 Å². The summed E-state index contributed by atoms with van der Waals surface area (Å²) >= 11 is 5.49. The van der Waals surface area contributed by atoms with Crippen molar-refractivity contribution in [1.82, 2.24) is 5.48 Å². The molecule has 0 unspecified atom stereocenters. The number of halogens is 2. The quantitative estimate of drug-likeness (QED) is 0.528. The molecule has 6 heteroatoms. The van der Waals surface area contributed by atoms with Crippen molar-refractivity contribution < 1.29 is 9.88 Å². The molecule has 2 rings (SSSR count). The predicted octanol–water partition coefficient (Wildman–Crippen LogP) is 1.00. The average molecular weight is 272 g/mol. The van der Waals surface area contributed by atoms with Crippen LogP contribution in [0, 0.1) is 0 Å². The van der Waals surface area contributed by atoms with Gasteiger partial charge in [-0.1, -0.05) is 16.6 Å². The maximum atomic E-state index is 5.79. The molecule has 0 atom stereocenters. The van der Waals surface area contributed by atoms with Gasteiger partial charge in [-0.15, -0.1) is 0 Å². The molecule has 0 fully saturated rings. The average Bonchev–Trinajstić information content (AvgIpc) is 2.36. The summed E-state index contributed by atoms with van der Waals surface area (Å²) in [6.07, 6.45) is 0. The number of hydroxylamine groups is 1. The zero-order valence-electron chi connectivity index (χ0n) is 4.60. The second kappa shape index (κ2) is 2.48. The van der Waals surface area contributed by atoms with Gasteiger partial charge in [0.05, 0.1) is 4.22 Å². The normalized spacial score (nSPS) is 22.3. The molecule has 1 N–H and O–H groups in total. The van der Waals surface area contributed by atoms with Crippen LogP contribution >= 0.6 is 32.3 Å².